The molecule has 7 rings (SSSR count). The lowest BCUT2D eigenvalue weighted by Crippen LogP contribution is -2.61. The first-order chi connectivity index (χ1) is 19.7. The number of hydrogen-bond donors (Lipinski definition) is 2. The summed E-state index contributed by atoms with van der Waals surface area (Å²) in [6.07, 6.45) is 0. The van der Waals surface area contributed by atoms with E-state index in [1.165, 1.54) is 18.2 Å². The molecule has 3 aliphatic rings. The number of aliphatic hydroxyl groups is 1. The molecule has 2 aliphatic heterocycles. The molecular weight excluding hydrogens is 524 g/mol. The van der Waals surface area contributed by atoms with E-state index in [0.717, 1.165) is 5.56 Å². The Morgan fingerprint density at radius 2 is 1.59 bits per heavy atom. The number of hydrogen-bond acceptors (Lipinski definition) is 7. The first kappa shape index (κ1) is 25.0. The fourth-order valence-corrected chi connectivity index (χ4v) is 6.30. The van der Waals surface area contributed by atoms with Gasteiger partial charge in [-0.1, -0.05) is 74.5 Å². The number of amides is 1. The number of ether oxygens (including phenoxy) is 2. The highest BCUT2D eigenvalue weighted by Gasteiger charge is 2.73. The van der Waals surface area contributed by atoms with Gasteiger partial charge < -0.3 is 19.9 Å². The van der Waals surface area contributed by atoms with Crippen LogP contribution in [0.4, 0.5) is 5.69 Å². The second kappa shape index (κ2) is 8.49. The van der Waals surface area contributed by atoms with Gasteiger partial charge in [0.2, 0.25) is 17.2 Å². The highest BCUT2D eigenvalue weighted by atomic mass is 16.6. The lowest BCUT2D eigenvalue weighted by Gasteiger charge is -2.36. The van der Waals surface area contributed by atoms with Gasteiger partial charge in [0.15, 0.2) is 0 Å². The molecule has 0 fully saturated rings. The highest BCUT2D eigenvalue weighted by molar-refractivity contribution is 6.15. The molecule has 0 spiro atoms. The number of Topliss-reactive ketones (excluding diaryl/α,β-unsaturated/α-hetero) is 1. The second-order valence-corrected chi connectivity index (χ2v) is 10.8. The van der Waals surface area contributed by atoms with Crippen LogP contribution < -0.4 is 14.8 Å². The SMILES string of the molecule is CC(C)c1ccc2c(c1)OC1(O)c3cccc([N+](=O)[O-])c3C(=O)C21NC(=O)C1c2ccccc2Oc2ccccc21. The molecule has 1 amide bonds. The maximum Gasteiger partial charge on any atom is 0.280 e. The molecule has 0 radical (unpaired) electrons. The minimum absolute atomic E-state index is 0.0768. The summed E-state index contributed by atoms with van der Waals surface area (Å²) in [5.74, 6) is -3.44. The average Bonchev–Trinajstić information content (AvgIpc) is 3.32. The van der Waals surface area contributed by atoms with E-state index in [4.69, 9.17) is 9.47 Å². The van der Waals surface area contributed by atoms with E-state index >= 15 is 0 Å². The predicted molar refractivity (Wildman–Crippen MR) is 147 cm³/mol. The summed E-state index contributed by atoms with van der Waals surface area (Å²) in [6.45, 7) is 3.99. The number of nitrogens with one attached hydrogen (secondary N) is 1. The zero-order valence-corrected chi connectivity index (χ0v) is 22.1. The van der Waals surface area contributed by atoms with Crippen molar-refractivity contribution in [1.82, 2.24) is 5.32 Å². The van der Waals surface area contributed by atoms with Crippen LogP contribution in [0.5, 0.6) is 17.2 Å². The van der Waals surface area contributed by atoms with E-state index in [9.17, 15) is 24.8 Å². The van der Waals surface area contributed by atoms with Crippen molar-refractivity contribution in [2.45, 2.75) is 37.0 Å². The molecule has 204 valence electrons. The van der Waals surface area contributed by atoms with Crippen LogP contribution >= 0.6 is 0 Å². The standard InChI is InChI=1S/C32H24N2O7/c1-17(2)18-14-15-21-26(16-18)41-32(37)22-10-7-11-23(34(38)39)28(22)29(35)31(21,32)33-30(36)27-19-8-3-5-12-24(19)40-25-13-6-4-9-20(25)27/h3-17,27,37H,1-2H3,(H,33,36). The molecule has 0 saturated carbocycles. The number of carbonyl (C=O) groups is 2. The van der Waals surface area contributed by atoms with Gasteiger partial charge in [0, 0.05) is 28.3 Å². The number of nitro groups is 1. The largest absolute Gasteiger partial charge is 0.457 e. The van der Waals surface area contributed by atoms with E-state index in [-0.39, 0.29) is 28.4 Å². The summed E-state index contributed by atoms with van der Waals surface area (Å²) in [4.78, 5) is 40.2. The fraction of sp³-hybridized carbons (Fsp3) is 0.188. The Kier molecular flexibility index (Phi) is 5.17. The number of rotatable bonds is 4. The van der Waals surface area contributed by atoms with E-state index in [1.807, 2.05) is 13.8 Å². The third-order valence-electron chi connectivity index (χ3n) is 8.27. The maximum absolute atomic E-state index is 14.4. The zero-order valence-electron chi connectivity index (χ0n) is 22.1. The predicted octanol–water partition coefficient (Wildman–Crippen LogP) is 5.40. The Hall–Kier alpha value is -5.02. The van der Waals surface area contributed by atoms with Gasteiger partial charge in [-0.15, -0.1) is 0 Å². The summed E-state index contributed by atoms with van der Waals surface area (Å²) in [6, 6.07) is 23.4. The van der Waals surface area contributed by atoms with Gasteiger partial charge in [0.05, 0.1) is 10.8 Å². The van der Waals surface area contributed by atoms with Crippen LogP contribution in [-0.2, 0) is 16.1 Å². The zero-order chi connectivity index (χ0) is 28.7. The van der Waals surface area contributed by atoms with E-state index < -0.39 is 39.5 Å². The maximum atomic E-state index is 14.4. The molecule has 4 aromatic rings. The molecule has 2 unspecified atom stereocenters. The van der Waals surface area contributed by atoms with Crippen LogP contribution in [0.3, 0.4) is 0 Å². The van der Waals surface area contributed by atoms with Crippen LogP contribution in [0.25, 0.3) is 0 Å². The third-order valence-corrected chi connectivity index (χ3v) is 8.27. The van der Waals surface area contributed by atoms with Crippen LogP contribution in [0.1, 0.15) is 63.9 Å². The quantitative estimate of drug-likeness (QED) is 0.258. The second-order valence-electron chi connectivity index (χ2n) is 10.8. The molecule has 4 aromatic carbocycles. The van der Waals surface area contributed by atoms with Crippen molar-refractivity contribution in [3.8, 4) is 17.2 Å². The molecule has 9 nitrogen and oxygen atoms in total. The van der Waals surface area contributed by atoms with Gasteiger partial charge in [0.1, 0.15) is 22.8 Å². The third kappa shape index (κ3) is 3.20. The molecule has 0 aromatic heterocycles. The highest BCUT2D eigenvalue weighted by Crippen LogP contribution is 2.60. The smallest absolute Gasteiger partial charge is 0.280 e. The van der Waals surface area contributed by atoms with Crippen LogP contribution in [0.15, 0.2) is 84.9 Å². The minimum Gasteiger partial charge on any atom is -0.457 e. The van der Waals surface area contributed by atoms with E-state index in [2.05, 4.69) is 5.32 Å². The number of fused-ring (bicyclic) bond motifs is 7. The molecule has 2 heterocycles. The number of nitro benzene ring substituents is 1. The summed E-state index contributed by atoms with van der Waals surface area (Å²) in [5.41, 5.74) is -0.757. The summed E-state index contributed by atoms with van der Waals surface area (Å²) < 4.78 is 12.2. The Labute approximate surface area is 234 Å². The van der Waals surface area contributed by atoms with Gasteiger partial charge in [-0.3, -0.25) is 19.7 Å². The molecule has 41 heavy (non-hydrogen) atoms. The van der Waals surface area contributed by atoms with Crippen molar-refractivity contribution < 1.29 is 29.1 Å². The van der Waals surface area contributed by atoms with Crippen molar-refractivity contribution >= 4 is 17.4 Å². The lowest BCUT2D eigenvalue weighted by molar-refractivity contribution is -0.385. The van der Waals surface area contributed by atoms with Crippen molar-refractivity contribution in [1.29, 1.82) is 0 Å². The van der Waals surface area contributed by atoms with E-state index in [1.54, 1.807) is 66.7 Å². The Morgan fingerprint density at radius 1 is 0.927 bits per heavy atom. The number of carbonyl (C=O) groups excluding carboxylic acids is 2. The Balaban J connectivity index is 1.44. The molecule has 2 N–H and O–H groups in total. The van der Waals surface area contributed by atoms with Crippen LogP contribution in [-0.4, -0.2) is 21.7 Å². The van der Waals surface area contributed by atoms with Crippen molar-refractivity contribution in [3.63, 3.8) is 0 Å². The first-order valence-electron chi connectivity index (χ1n) is 13.2. The molecule has 2 atom stereocenters. The normalized spacial score (nSPS) is 21.6. The van der Waals surface area contributed by atoms with Gasteiger partial charge in [-0.2, -0.15) is 0 Å². The van der Waals surface area contributed by atoms with Crippen LogP contribution in [0, 0.1) is 10.1 Å². The molecular formula is C32H24N2O7. The molecule has 0 bridgehead atoms. The summed E-state index contributed by atoms with van der Waals surface area (Å²) in [7, 11) is 0. The average molecular weight is 549 g/mol. The molecule has 1 aliphatic carbocycles. The van der Waals surface area contributed by atoms with E-state index in [0.29, 0.717) is 22.6 Å². The number of benzene rings is 4. The van der Waals surface area contributed by atoms with Crippen LogP contribution in [0.2, 0.25) is 0 Å². The lowest BCUT2D eigenvalue weighted by atomic mass is 9.80. The number of ketones is 1. The Morgan fingerprint density at radius 3 is 2.22 bits per heavy atom. The fourth-order valence-electron chi connectivity index (χ4n) is 6.30. The van der Waals surface area contributed by atoms with Gasteiger partial charge in [-0.05, 0) is 29.7 Å². The van der Waals surface area contributed by atoms with Gasteiger partial charge in [-0.25, -0.2) is 0 Å². The van der Waals surface area contributed by atoms with Crippen molar-refractivity contribution in [3.05, 3.63) is 128 Å². The van der Waals surface area contributed by atoms with Crippen molar-refractivity contribution in [2.75, 3.05) is 0 Å². The molecule has 0 saturated heterocycles. The number of para-hydroxylation sites is 2. The first-order valence-corrected chi connectivity index (χ1v) is 13.2. The topological polar surface area (TPSA) is 128 Å². The summed E-state index contributed by atoms with van der Waals surface area (Å²) in [5, 5.41) is 27.1. The van der Waals surface area contributed by atoms with Gasteiger partial charge in [0.25, 0.3) is 11.5 Å². The minimum atomic E-state index is -2.43. The van der Waals surface area contributed by atoms with Crippen molar-refractivity contribution in [2.24, 2.45) is 0 Å². The molecule has 9 heteroatoms. The van der Waals surface area contributed by atoms with Gasteiger partial charge >= 0.3 is 0 Å². The monoisotopic (exact) mass is 548 g/mol. The number of nitrogens with zero attached hydrogens (tertiary/aromatic N) is 1. The Bertz CT molecular complexity index is 1770. The summed E-state index contributed by atoms with van der Waals surface area (Å²) >= 11 is 0.